The molecule has 6 nitrogen and oxygen atoms in total. The summed E-state index contributed by atoms with van der Waals surface area (Å²) in [7, 11) is 0. The van der Waals surface area contributed by atoms with E-state index in [4.69, 9.17) is 4.74 Å². The number of hydrogen-bond donors (Lipinski definition) is 3. The van der Waals surface area contributed by atoms with Crippen LogP contribution in [0.4, 0.5) is 11.4 Å². The smallest absolute Gasteiger partial charge is 0.338 e. The van der Waals surface area contributed by atoms with Gasteiger partial charge in [-0.3, -0.25) is 0 Å². The van der Waals surface area contributed by atoms with E-state index in [9.17, 15) is 19.8 Å². The zero-order chi connectivity index (χ0) is 18.5. The number of benzene rings is 3. The summed E-state index contributed by atoms with van der Waals surface area (Å²) in [5.74, 6) is -1.53. The molecule has 0 aliphatic rings. The first kappa shape index (κ1) is 17.0. The van der Waals surface area contributed by atoms with Crippen LogP contribution in [0.2, 0.25) is 0 Å². The molecule has 3 aromatic rings. The standard InChI is InChI=1S/C20H15NO5/c22-19(23)14-9-6-11-16(18(14)20(24)25)21-15-10-4-5-12-17(15)26-13-7-2-1-3-8-13/h1-12,21H,(H,22,23)(H,24,25). The fourth-order valence-corrected chi connectivity index (χ4v) is 2.48. The number of ether oxygens (including phenoxy) is 1. The number of carbonyl (C=O) groups is 2. The molecular formula is C20H15NO5. The van der Waals surface area contributed by atoms with Crippen molar-refractivity contribution in [3.05, 3.63) is 83.9 Å². The van der Waals surface area contributed by atoms with E-state index in [1.54, 1.807) is 36.4 Å². The monoisotopic (exact) mass is 349 g/mol. The number of nitrogens with one attached hydrogen (secondary N) is 1. The molecule has 0 aromatic heterocycles. The van der Waals surface area contributed by atoms with E-state index in [1.165, 1.54) is 18.2 Å². The van der Waals surface area contributed by atoms with E-state index in [2.05, 4.69) is 5.32 Å². The van der Waals surface area contributed by atoms with Gasteiger partial charge in [-0.15, -0.1) is 0 Å². The van der Waals surface area contributed by atoms with E-state index >= 15 is 0 Å². The fraction of sp³-hybridized carbons (Fsp3) is 0. The highest BCUT2D eigenvalue weighted by atomic mass is 16.5. The molecule has 26 heavy (non-hydrogen) atoms. The van der Waals surface area contributed by atoms with E-state index in [0.717, 1.165) is 0 Å². The lowest BCUT2D eigenvalue weighted by Gasteiger charge is -2.15. The Hall–Kier alpha value is -3.80. The lowest BCUT2D eigenvalue weighted by atomic mass is 10.0. The molecule has 0 fully saturated rings. The average molecular weight is 349 g/mol. The van der Waals surface area contributed by atoms with Crippen molar-refractivity contribution in [3.63, 3.8) is 0 Å². The number of para-hydroxylation sites is 3. The second kappa shape index (κ2) is 7.40. The fourth-order valence-electron chi connectivity index (χ4n) is 2.48. The quantitative estimate of drug-likeness (QED) is 0.601. The Kier molecular flexibility index (Phi) is 4.85. The summed E-state index contributed by atoms with van der Waals surface area (Å²) in [6.45, 7) is 0. The molecule has 130 valence electrons. The lowest BCUT2D eigenvalue weighted by Crippen LogP contribution is -2.11. The van der Waals surface area contributed by atoms with Gasteiger partial charge in [0, 0.05) is 0 Å². The first-order valence-electron chi connectivity index (χ1n) is 7.75. The summed E-state index contributed by atoms with van der Waals surface area (Å²) in [6.07, 6.45) is 0. The van der Waals surface area contributed by atoms with Crippen molar-refractivity contribution in [3.8, 4) is 11.5 Å². The van der Waals surface area contributed by atoms with Crippen molar-refractivity contribution < 1.29 is 24.5 Å². The summed E-state index contributed by atoms with van der Waals surface area (Å²) in [4.78, 5) is 22.9. The van der Waals surface area contributed by atoms with E-state index in [1.807, 2.05) is 18.2 Å². The van der Waals surface area contributed by atoms with Crippen molar-refractivity contribution in [1.29, 1.82) is 0 Å². The van der Waals surface area contributed by atoms with Gasteiger partial charge in [0.1, 0.15) is 5.75 Å². The number of rotatable bonds is 6. The Labute approximate surface area is 149 Å². The summed E-state index contributed by atoms with van der Waals surface area (Å²) in [6, 6.07) is 20.4. The molecule has 3 N–H and O–H groups in total. The SMILES string of the molecule is O=C(O)c1cccc(Nc2ccccc2Oc2ccccc2)c1C(=O)O. The molecule has 3 rings (SSSR count). The third-order valence-electron chi connectivity index (χ3n) is 3.64. The van der Waals surface area contributed by atoms with Gasteiger partial charge in [0.05, 0.1) is 22.5 Å². The highest BCUT2D eigenvalue weighted by Gasteiger charge is 2.20. The molecular weight excluding hydrogens is 334 g/mol. The summed E-state index contributed by atoms with van der Waals surface area (Å²) < 4.78 is 5.83. The molecule has 0 aliphatic carbocycles. The van der Waals surface area contributed by atoms with Crippen LogP contribution >= 0.6 is 0 Å². The van der Waals surface area contributed by atoms with Crippen molar-refractivity contribution >= 4 is 23.3 Å². The molecule has 0 heterocycles. The Morgan fingerprint density at radius 3 is 2.08 bits per heavy atom. The van der Waals surface area contributed by atoms with Crippen LogP contribution in [0.15, 0.2) is 72.8 Å². The van der Waals surface area contributed by atoms with Crippen LogP contribution in [0.1, 0.15) is 20.7 Å². The number of aromatic carboxylic acids is 2. The van der Waals surface area contributed by atoms with E-state index < -0.39 is 11.9 Å². The number of hydrogen-bond acceptors (Lipinski definition) is 4. The van der Waals surface area contributed by atoms with Gasteiger partial charge in [-0.2, -0.15) is 0 Å². The molecule has 0 amide bonds. The number of carboxylic acids is 2. The van der Waals surface area contributed by atoms with Crippen LogP contribution in [-0.4, -0.2) is 22.2 Å². The molecule has 0 saturated heterocycles. The van der Waals surface area contributed by atoms with Crippen LogP contribution < -0.4 is 10.1 Å². The van der Waals surface area contributed by atoms with Crippen LogP contribution in [0.5, 0.6) is 11.5 Å². The second-order valence-electron chi connectivity index (χ2n) is 5.37. The normalized spacial score (nSPS) is 10.2. The zero-order valence-electron chi connectivity index (χ0n) is 13.5. The number of anilines is 2. The summed E-state index contributed by atoms with van der Waals surface area (Å²) in [5.41, 5.74) is 0.0846. The molecule has 3 aromatic carbocycles. The van der Waals surface area contributed by atoms with E-state index in [-0.39, 0.29) is 16.8 Å². The van der Waals surface area contributed by atoms with Gasteiger partial charge in [0.25, 0.3) is 0 Å². The Morgan fingerprint density at radius 1 is 0.731 bits per heavy atom. The third-order valence-corrected chi connectivity index (χ3v) is 3.64. The minimum Gasteiger partial charge on any atom is -0.478 e. The van der Waals surface area contributed by atoms with E-state index in [0.29, 0.717) is 17.2 Å². The van der Waals surface area contributed by atoms with Crippen molar-refractivity contribution in [2.45, 2.75) is 0 Å². The Morgan fingerprint density at radius 2 is 1.38 bits per heavy atom. The Bertz CT molecular complexity index is 953. The van der Waals surface area contributed by atoms with Crippen molar-refractivity contribution in [1.82, 2.24) is 0 Å². The van der Waals surface area contributed by atoms with Crippen LogP contribution in [-0.2, 0) is 0 Å². The highest BCUT2D eigenvalue weighted by molar-refractivity contribution is 6.06. The maximum absolute atomic E-state index is 11.6. The van der Waals surface area contributed by atoms with Crippen molar-refractivity contribution in [2.75, 3.05) is 5.32 Å². The maximum atomic E-state index is 11.6. The van der Waals surface area contributed by atoms with Crippen LogP contribution in [0.25, 0.3) is 0 Å². The minimum absolute atomic E-state index is 0.168. The van der Waals surface area contributed by atoms with Crippen molar-refractivity contribution in [2.24, 2.45) is 0 Å². The predicted octanol–water partition coefficient (Wildman–Crippen LogP) is 4.62. The molecule has 0 radical (unpaired) electrons. The molecule has 0 spiro atoms. The second-order valence-corrected chi connectivity index (χ2v) is 5.37. The predicted molar refractivity (Wildman–Crippen MR) is 96.6 cm³/mol. The number of carboxylic acid groups (broad SMARTS) is 2. The van der Waals surface area contributed by atoms with Gasteiger partial charge in [0.2, 0.25) is 0 Å². The lowest BCUT2D eigenvalue weighted by molar-refractivity contribution is 0.0652. The van der Waals surface area contributed by atoms with Gasteiger partial charge in [-0.05, 0) is 36.4 Å². The molecule has 0 aliphatic heterocycles. The first-order valence-corrected chi connectivity index (χ1v) is 7.75. The third kappa shape index (κ3) is 3.64. The topological polar surface area (TPSA) is 95.9 Å². The minimum atomic E-state index is -1.33. The highest BCUT2D eigenvalue weighted by Crippen LogP contribution is 2.33. The van der Waals surface area contributed by atoms with Crippen LogP contribution in [0.3, 0.4) is 0 Å². The average Bonchev–Trinajstić information content (AvgIpc) is 2.64. The largest absolute Gasteiger partial charge is 0.478 e. The molecule has 0 atom stereocenters. The maximum Gasteiger partial charge on any atom is 0.338 e. The van der Waals surface area contributed by atoms with Gasteiger partial charge in [-0.25, -0.2) is 9.59 Å². The molecule has 0 unspecified atom stereocenters. The first-order chi connectivity index (χ1) is 12.6. The Balaban J connectivity index is 1.99. The summed E-state index contributed by atoms with van der Waals surface area (Å²) in [5, 5.41) is 21.7. The van der Waals surface area contributed by atoms with Gasteiger partial charge < -0.3 is 20.3 Å². The van der Waals surface area contributed by atoms with Crippen LogP contribution in [0, 0.1) is 0 Å². The molecule has 6 heteroatoms. The summed E-state index contributed by atoms with van der Waals surface area (Å²) >= 11 is 0. The zero-order valence-corrected chi connectivity index (χ0v) is 13.5. The van der Waals surface area contributed by atoms with Gasteiger partial charge in [0.15, 0.2) is 5.75 Å². The molecule has 0 saturated carbocycles. The van der Waals surface area contributed by atoms with Gasteiger partial charge in [-0.1, -0.05) is 36.4 Å². The van der Waals surface area contributed by atoms with Gasteiger partial charge >= 0.3 is 11.9 Å². The molecule has 0 bridgehead atoms.